The van der Waals surface area contributed by atoms with Gasteiger partial charge < -0.3 is 0 Å². The Labute approximate surface area is 127 Å². The summed E-state index contributed by atoms with van der Waals surface area (Å²) < 4.78 is 0. The average Bonchev–Trinajstić information content (AvgIpc) is 2.36. The summed E-state index contributed by atoms with van der Waals surface area (Å²) in [5.41, 5.74) is 1.99. The van der Waals surface area contributed by atoms with Gasteiger partial charge >= 0.3 is 0 Å². The molecule has 0 N–H and O–H groups in total. The number of benzene rings is 1. The molecule has 2 rings (SSSR count). The molecule has 100 valence electrons. The fourth-order valence-corrected chi connectivity index (χ4v) is 3.22. The first-order valence-corrected chi connectivity index (χ1v) is 7.74. The Morgan fingerprint density at radius 3 is 2.63 bits per heavy atom. The van der Waals surface area contributed by atoms with Crippen LogP contribution in [-0.2, 0) is 12.2 Å². The molecule has 19 heavy (non-hydrogen) atoms. The number of hydrogen-bond acceptors (Lipinski definition) is 3. The molecule has 0 saturated carbocycles. The minimum atomic E-state index is 0.566. The second kappa shape index (κ2) is 6.60. The molecule has 0 saturated heterocycles. The molecule has 1 heterocycles. The molecule has 0 amide bonds. The molecule has 0 aliphatic carbocycles. The second-order valence-corrected chi connectivity index (χ2v) is 5.94. The van der Waals surface area contributed by atoms with Crippen LogP contribution in [0.5, 0.6) is 0 Å². The normalized spacial score (nSPS) is 10.7. The van der Waals surface area contributed by atoms with Gasteiger partial charge in [-0.15, -0.1) is 11.8 Å². The number of aryl methyl sites for hydroxylation is 1. The summed E-state index contributed by atoms with van der Waals surface area (Å²) in [4.78, 5) is 9.94. The molecule has 0 fully saturated rings. The van der Waals surface area contributed by atoms with Gasteiger partial charge in [0.2, 0.25) is 0 Å². The lowest BCUT2D eigenvalue weighted by Crippen LogP contribution is -2.01. The lowest BCUT2D eigenvalue weighted by atomic mass is 10.2. The van der Waals surface area contributed by atoms with E-state index in [1.807, 2.05) is 31.2 Å². The molecule has 0 bridgehead atoms. The maximum atomic E-state index is 6.16. The van der Waals surface area contributed by atoms with Crippen molar-refractivity contribution in [2.45, 2.75) is 30.9 Å². The molecule has 0 spiro atoms. The van der Waals surface area contributed by atoms with Gasteiger partial charge in [0.15, 0.2) is 0 Å². The maximum absolute atomic E-state index is 6.16. The van der Waals surface area contributed by atoms with Crippen LogP contribution in [0.1, 0.15) is 24.0 Å². The minimum absolute atomic E-state index is 0.566. The van der Waals surface area contributed by atoms with Gasteiger partial charge in [-0.3, -0.25) is 0 Å². The van der Waals surface area contributed by atoms with Crippen molar-refractivity contribution in [1.82, 2.24) is 9.97 Å². The highest BCUT2D eigenvalue weighted by Crippen LogP contribution is 2.25. The SMILES string of the molecule is CCc1c(C)nc(CSc2cccc(Cl)c2)nc1Cl. The van der Waals surface area contributed by atoms with E-state index in [0.29, 0.717) is 10.9 Å². The van der Waals surface area contributed by atoms with Crippen molar-refractivity contribution in [1.29, 1.82) is 0 Å². The molecular formula is C14H14Cl2N2S. The Morgan fingerprint density at radius 1 is 1.21 bits per heavy atom. The van der Waals surface area contributed by atoms with Gasteiger partial charge in [0.25, 0.3) is 0 Å². The number of thioether (sulfide) groups is 1. The van der Waals surface area contributed by atoms with E-state index in [1.165, 1.54) is 0 Å². The quantitative estimate of drug-likeness (QED) is 0.590. The molecular weight excluding hydrogens is 299 g/mol. The Morgan fingerprint density at radius 2 is 2.00 bits per heavy atom. The summed E-state index contributed by atoms with van der Waals surface area (Å²) in [6.45, 7) is 4.03. The Hall–Kier alpha value is -0.770. The molecule has 0 unspecified atom stereocenters. The highest BCUT2D eigenvalue weighted by molar-refractivity contribution is 7.98. The molecule has 0 aliphatic heterocycles. The van der Waals surface area contributed by atoms with Crippen molar-refractivity contribution < 1.29 is 0 Å². The maximum Gasteiger partial charge on any atom is 0.140 e. The lowest BCUT2D eigenvalue weighted by Gasteiger charge is -2.07. The summed E-state index contributed by atoms with van der Waals surface area (Å²) >= 11 is 13.8. The molecule has 2 nitrogen and oxygen atoms in total. The van der Waals surface area contributed by atoms with Crippen LogP contribution in [0.4, 0.5) is 0 Å². The smallest absolute Gasteiger partial charge is 0.140 e. The Balaban J connectivity index is 2.12. The number of hydrogen-bond donors (Lipinski definition) is 0. The Bertz CT molecular complexity index is 564. The van der Waals surface area contributed by atoms with E-state index in [9.17, 15) is 0 Å². The first-order chi connectivity index (χ1) is 9.10. The summed E-state index contributed by atoms with van der Waals surface area (Å²) in [6.07, 6.45) is 0.854. The van der Waals surface area contributed by atoms with Crippen LogP contribution in [0.15, 0.2) is 29.2 Å². The molecule has 1 aromatic carbocycles. The van der Waals surface area contributed by atoms with Crippen molar-refractivity contribution in [2.24, 2.45) is 0 Å². The van der Waals surface area contributed by atoms with E-state index < -0.39 is 0 Å². The van der Waals surface area contributed by atoms with E-state index >= 15 is 0 Å². The molecule has 0 atom stereocenters. The summed E-state index contributed by atoms with van der Waals surface area (Å²) in [7, 11) is 0. The third kappa shape index (κ3) is 3.85. The van der Waals surface area contributed by atoms with Gasteiger partial charge in [0, 0.05) is 21.2 Å². The summed E-state index contributed by atoms with van der Waals surface area (Å²) in [5, 5.41) is 1.30. The van der Waals surface area contributed by atoms with Crippen molar-refractivity contribution in [3.8, 4) is 0 Å². The minimum Gasteiger partial charge on any atom is -0.237 e. The van der Waals surface area contributed by atoms with Crippen LogP contribution in [0, 0.1) is 6.92 Å². The topological polar surface area (TPSA) is 25.8 Å². The van der Waals surface area contributed by atoms with Crippen LogP contribution in [0.25, 0.3) is 0 Å². The summed E-state index contributed by atoms with van der Waals surface area (Å²) in [5.74, 6) is 1.44. The zero-order chi connectivity index (χ0) is 13.8. The lowest BCUT2D eigenvalue weighted by molar-refractivity contribution is 0.938. The van der Waals surface area contributed by atoms with Crippen LogP contribution in [0.2, 0.25) is 10.2 Å². The zero-order valence-corrected chi connectivity index (χ0v) is 13.1. The third-order valence-electron chi connectivity index (χ3n) is 2.73. The van der Waals surface area contributed by atoms with Crippen molar-refractivity contribution in [3.05, 3.63) is 51.5 Å². The highest BCUT2D eigenvalue weighted by Gasteiger charge is 2.08. The van der Waals surface area contributed by atoms with Gasteiger partial charge in [-0.2, -0.15) is 0 Å². The molecule has 1 aromatic heterocycles. The summed E-state index contributed by atoms with van der Waals surface area (Å²) in [6, 6.07) is 7.75. The van der Waals surface area contributed by atoms with Gasteiger partial charge in [-0.05, 0) is 31.5 Å². The standard InChI is InChI=1S/C14H14Cl2N2S/c1-3-12-9(2)17-13(18-14(12)16)8-19-11-6-4-5-10(15)7-11/h4-7H,3,8H2,1-2H3. The van der Waals surface area contributed by atoms with Crippen LogP contribution >= 0.6 is 35.0 Å². The fraction of sp³-hybridized carbons (Fsp3) is 0.286. The van der Waals surface area contributed by atoms with Crippen molar-refractivity contribution >= 4 is 35.0 Å². The van der Waals surface area contributed by atoms with E-state index in [1.54, 1.807) is 11.8 Å². The molecule has 5 heteroatoms. The predicted octanol–water partition coefficient (Wildman–Crippen LogP) is 4.95. The van der Waals surface area contributed by atoms with Gasteiger partial charge in [0.05, 0.1) is 5.75 Å². The second-order valence-electron chi connectivity index (χ2n) is 4.09. The molecule has 2 aromatic rings. The van der Waals surface area contributed by atoms with Gasteiger partial charge in [-0.25, -0.2) is 9.97 Å². The third-order valence-corrected chi connectivity index (χ3v) is 4.26. The van der Waals surface area contributed by atoms with Crippen LogP contribution in [0.3, 0.4) is 0 Å². The molecule has 0 aliphatic rings. The van der Waals surface area contributed by atoms with Gasteiger partial charge in [0.1, 0.15) is 11.0 Å². The van der Waals surface area contributed by atoms with Gasteiger partial charge in [-0.1, -0.05) is 36.2 Å². The fourth-order valence-electron chi connectivity index (χ4n) is 1.79. The zero-order valence-electron chi connectivity index (χ0n) is 10.8. The molecule has 0 radical (unpaired) electrons. The van der Waals surface area contributed by atoms with Crippen molar-refractivity contribution in [2.75, 3.05) is 0 Å². The van der Waals surface area contributed by atoms with Crippen LogP contribution in [-0.4, -0.2) is 9.97 Å². The van der Waals surface area contributed by atoms with Crippen LogP contribution < -0.4 is 0 Å². The number of nitrogens with zero attached hydrogens (tertiary/aromatic N) is 2. The highest BCUT2D eigenvalue weighted by atomic mass is 35.5. The largest absolute Gasteiger partial charge is 0.237 e. The van der Waals surface area contributed by atoms with Crippen molar-refractivity contribution in [3.63, 3.8) is 0 Å². The van der Waals surface area contributed by atoms with E-state index in [4.69, 9.17) is 23.2 Å². The number of halogens is 2. The number of aromatic nitrogens is 2. The average molecular weight is 313 g/mol. The van der Waals surface area contributed by atoms with E-state index in [-0.39, 0.29) is 0 Å². The first kappa shape index (κ1) is 14.6. The van der Waals surface area contributed by atoms with E-state index in [0.717, 1.165) is 33.4 Å². The Kier molecular flexibility index (Phi) is 5.08. The van der Waals surface area contributed by atoms with E-state index in [2.05, 4.69) is 16.9 Å². The predicted molar refractivity (Wildman–Crippen MR) is 82.2 cm³/mol. The number of rotatable bonds is 4. The monoisotopic (exact) mass is 312 g/mol. The first-order valence-electron chi connectivity index (χ1n) is 6.00.